The molecule has 4 rings (SSSR count). The van der Waals surface area contributed by atoms with Crippen molar-refractivity contribution in [2.45, 2.75) is 32.4 Å². The van der Waals surface area contributed by atoms with Gasteiger partial charge in [0.1, 0.15) is 5.69 Å². The first-order valence-corrected chi connectivity index (χ1v) is 10.8. The predicted molar refractivity (Wildman–Crippen MR) is 123 cm³/mol. The van der Waals surface area contributed by atoms with Crippen LogP contribution in [0.5, 0.6) is 0 Å². The number of carbonyl (C=O) groups is 1. The highest BCUT2D eigenvalue weighted by Crippen LogP contribution is 2.29. The summed E-state index contributed by atoms with van der Waals surface area (Å²) in [4.78, 5) is 30.4. The first kappa shape index (κ1) is 21.7. The molecule has 2 heterocycles. The van der Waals surface area contributed by atoms with Crippen LogP contribution < -0.4 is 5.32 Å². The number of nitrogens with one attached hydrogen (secondary N) is 1. The van der Waals surface area contributed by atoms with Gasteiger partial charge < -0.3 is 9.88 Å². The van der Waals surface area contributed by atoms with Gasteiger partial charge in [-0.2, -0.15) is 0 Å². The second kappa shape index (κ2) is 9.32. The number of anilines is 1. The van der Waals surface area contributed by atoms with Crippen LogP contribution >= 0.6 is 0 Å². The maximum Gasteiger partial charge on any atom is 0.293 e. The van der Waals surface area contributed by atoms with Gasteiger partial charge in [-0.25, -0.2) is 4.98 Å². The lowest BCUT2D eigenvalue weighted by Crippen LogP contribution is -2.38. The number of likely N-dealkylation sites (tertiary alicyclic amines) is 1. The normalized spacial score (nSPS) is 14.9. The lowest BCUT2D eigenvalue weighted by Gasteiger charge is -2.33. The van der Waals surface area contributed by atoms with Crippen LogP contribution in [0, 0.1) is 17.0 Å². The van der Waals surface area contributed by atoms with Gasteiger partial charge in [-0.1, -0.05) is 24.3 Å². The number of hydrogen-bond donors (Lipinski definition) is 1. The fourth-order valence-electron chi connectivity index (χ4n) is 4.14. The molecule has 1 saturated heterocycles. The van der Waals surface area contributed by atoms with Crippen LogP contribution in [0.15, 0.2) is 54.9 Å². The Labute approximate surface area is 187 Å². The molecule has 0 spiro atoms. The van der Waals surface area contributed by atoms with Gasteiger partial charge in [0, 0.05) is 56.7 Å². The zero-order valence-electron chi connectivity index (χ0n) is 18.3. The van der Waals surface area contributed by atoms with Crippen molar-refractivity contribution in [3.8, 4) is 0 Å². The third kappa shape index (κ3) is 4.70. The molecular weight excluding hydrogens is 406 g/mol. The van der Waals surface area contributed by atoms with Gasteiger partial charge in [-0.15, -0.1) is 0 Å². The second-order valence-electron chi connectivity index (χ2n) is 8.30. The fourth-order valence-corrected chi connectivity index (χ4v) is 4.14. The van der Waals surface area contributed by atoms with Crippen LogP contribution in [0.25, 0.3) is 0 Å². The quantitative estimate of drug-likeness (QED) is 0.345. The van der Waals surface area contributed by atoms with Crippen LogP contribution in [-0.2, 0) is 13.6 Å². The lowest BCUT2D eigenvalue weighted by molar-refractivity contribution is -0.384. The molecule has 0 aliphatic carbocycles. The van der Waals surface area contributed by atoms with E-state index < -0.39 is 4.92 Å². The number of ketones is 1. The Balaban J connectivity index is 1.42. The van der Waals surface area contributed by atoms with Crippen molar-refractivity contribution in [2.24, 2.45) is 7.05 Å². The minimum atomic E-state index is -0.440. The van der Waals surface area contributed by atoms with Crippen molar-refractivity contribution >= 4 is 17.2 Å². The molecule has 0 radical (unpaired) electrons. The van der Waals surface area contributed by atoms with E-state index in [0.717, 1.165) is 32.5 Å². The summed E-state index contributed by atoms with van der Waals surface area (Å²) in [5, 5.41) is 15.0. The minimum Gasteiger partial charge on any atom is -0.377 e. The molecule has 0 atom stereocenters. The van der Waals surface area contributed by atoms with Crippen LogP contribution in [0.4, 0.5) is 11.4 Å². The molecule has 1 fully saturated rings. The largest absolute Gasteiger partial charge is 0.377 e. The van der Waals surface area contributed by atoms with Crippen molar-refractivity contribution in [1.82, 2.24) is 14.5 Å². The number of nitro benzene ring substituents is 1. The molecule has 8 nitrogen and oxygen atoms in total. The molecule has 2 aromatic carbocycles. The standard InChI is InChI=1S/C24H27N5O3/c1-17-5-3-4-6-19(17)16-28-12-9-20(10-13-28)26-21-8-7-18(15-22(21)29(31)32)23(30)24-25-11-14-27(24)2/h3-8,11,14-15,20,26H,9-10,12-13,16H2,1-2H3. The Bertz CT molecular complexity index is 1130. The molecular formula is C24H27N5O3. The van der Waals surface area contributed by atoms with E-state index in [2.05, 4.69) is 46.4 Å². The van der Waals surface area contributed by atoms with Gasteiger partial charge in [0.25, 0.3) is 5.69 Å². The van der Waals surface area contributed by atoms with E-state index in [1.54, 1.807) is 29.9 Å². The summed E-state index contributed by atoms with van der Waals surface area (Å²) in [6, 6.07) is 13.2. The Morgan fingerprint density at radius 1 is 1.22 bits per heavy atom. The van der Waals surface area contributed by atoms with Gasteiger partial charge >= 0.3 is 0 Å². The number of imidazole rings is 1. The minimum absolute atomic E-state index is 0.0904. The topological polar surface area (TPSA) is 93.3 Å². The first-order chi connectivity index (χ1) is 15.4. The predicted octanol–water partition coefficient (Wildman–Crippen LogP) is 3.94. The van der Waals surface area contributed by atoms with Gasteiger partial charge in [-0.3, -0.25) is 19.8 Å². The number of piperidine rings is 1. The number of nitro groups is 1. The third-order valence-electron chi connectivity index (χ3n) is 6.08. The van der Waals surface area contributed by atoms with Gasteiger partial charge in [-0.05, 0) is 43.0 Å². The molecule has 1 N–H and O–H groups in total. The number of benzene rings is 2. The van der Waals surface area contributed by atoms with Crippen molar-refractivity contribution in [3.05, 3.63) is 87.5 Å². The number of aryl methyl sites for hydroxylation is 2. The zero-order valence-corrected chi connectivity index (χ0v) is 18.3. The van der Waals surface area contributed by atoms with Gasteiger partial charge in [0.15, 0.2) is 5.82 Å². The Kier molecular flexibility index (Phi) is 6.32. The summed E-state index contributed by atoms with van der Waals surface area (Å²) in [5.41, 5.74) is 3.24. The summed E-state index contributed by atoms with van der Waals surface area (Å²) in [6.45, 7) is 4.90. The third-order valence-corrected chi connectivity index (χ3v) is 6.08. The highest BCUT2D eigenvalue weighted by atomic mass is 16.6. The summed E-state index contributed by atoms with van der Waals surface area (Å²) in [6.07, 6.45) is 5.00. The molecule has 1 aliphatic rings. The molecule has 1 aliphatic heterocycles. The summed E-state index contributed by atoms with van der Waals surface area (Å²) < 4.78 is 1.60. The van der Waals surface area contributed by atoms with Gasteiger partial charge in [0.05, 0.1) is 4.92 Å². The monoisotopic (exact) mass is 433 g/mol. The SMILES string of the molecule is Cc1ccccc1CN1CCC(Nc2ccc(C(=O)c3nccn3C)cc2[N+](=O)[O-])CC1. The van der Waals surface area contributed by atoms with Crippen LogP contribution in [0.1, 0.15) is 40.2 Å². The summed E-state index contributed by atoms with van der Waals surface area (Å²) in [7, 11) is 1.72. The summed E-state index contributed by atoms with van der Waals surface area (Å²) >= 11 is 0. The number of hydrogen-bond acceptors (Lipinski definition) is 6. The van der Waals surface area contributed by atoms with E-state index in [1.807, 2.05) is 0 Å². The number of rotatable bonds is 7. The van der Waals surface area contributed by atoms with E-state index in [9.17, 15) is 14.9 Å². The highest BCUT2D eigenvalue weighted by Gasteiger charge is 2.24. The zero-order chi connectivity index (χ0) is 22.7. The molecule has 8 heteroatoms. The second-order valence-corrected chi connectivity index (χ2v) is 8.30. The maximum absolute atomic E-state index is 12.7. The smallest absolute Gasteiger partial charge is 0.293 e. The van der Waals surface area contributed by atoms with Crippen LogP contribution in [0.2, 0.25) is 0 Å². The van der Waals surface area contributed by atoms with Crippen LogP contribution in [-0.4, -0.2) is 44.3 Å². The van der Waals surface area contributed by atoms with Crippen molar-refractivity contribution in [1.29, 1.82) is 0 Å². The van der Waals surface area contributed by atoms with Gasteiger partial charge in [0.2, 0.25) is 5.78 Å². The number of aromatic nitrogens is 2. The molecule has 166 valence electrons. The van der Waals surface area contributed by atoms with E-state index in [1.165, 1.54) is 23.4 Å². The Morgan fingerprint density at radius 3 is 2.62 bits per heavy atom. The molecule has 0 amide bonds. The van der Waals surface area contributed by atoms with Crippen molar-refractivity contribution < 1.29 is 9.72 Å². The summed E-state index contributed by atoms with van der Waals surface area (Å²) in [5.74, 6) is -0.0855. The van der Waals surface area contributed by atoms with Crippen molar-refractivity contribution in [2.75, 3.05) is 18.4 Å². The first-order valence-electron chi connectivity index (χ1n) is 10.8. The average molecular weight is 434 g/mol. The highest BCUT2D eigenvalue weighted by molar-refractivity contribution is 6.07. The molecule has 32 heavy (non-hydrogen) atoms. The molecule has 0 unspecified atom stereocenters. The lowest BCUT2D eigenvalue weighted by atomic mass is 10.0. The fraction of sp³-hybridized carbons (Fsp3) is 0.333. The molecule has 1 aromatic heterocycles. The molecule has 0 bridgehead atoms. The van der Waals surface area contributed by atoms with Crippen molar-refractivity contribution in [3.63, 3.8) is 0 Å². The Morgan fingerprint density at radius 2 is 1.97 bits per heavy atom. The van der Waals surface area contributed by atoms with E-state index in [4.69, 9.17) is 0 Å². The molecule has 3 aromatic rings. The van der Waals surface area contributed by atoms with Crippen LogP contribution in [0.3, 0.4) is 0 Å². The number of nitrogens with zero attached hydrogens (tertiary/aromatic N) is 4. The average Bonchev–Trinajstić information content (AvgIpc) is 3.22. The Hall–Kier alpha value is -3.52. The van der Waals surface area contributed by atoms with E-state index in [0.29, 0.717) is 5.69 Å². The number of carbonyl (C=O) groups excluding carboxylic acids is 1. The maximum atomic E-state index is 12.7. The van der Waals surface area contributed by atoms with E-state index in [-0.39, 0.29) is 28.9 Å². The molecule has 0 saturated carbocycles. The van der Waals surface area contributed by atoms with E-state index >= 15 is 0 Å².